The number of fused-ring (bicyclic) bond motifs is 2. The number of ether oxygens (including phenoxy) is 1. The van der Waals surface area contributed by atoms with Gasteiger partial charge in [0.15, 0.2) is 0 Å². The molecule has 1 aromatic heterocycles. The van der Waals surface area contributed by atoms with Crippen LogP contribution in [0.15, 0.2) is 78.5 Å². The van der Waals surface area contributed by atoms with E-state index < -0.39 is 17.7 Å². The maximum absolute atomic E-state index is 13.5. The molecule has 1 amide bonds. The van der Waals surface area contributed by atoms with Gasteiger partial charge in [-0.3, -0.25) is 14.5 Å². The van der Waals surface area contributed by atoms with Gasteiger partial charge in [0.2, 0.25) is 0 Å². The summed E-state index contributed by atoms with van der Waals surface area (Å²) in [6.07, 6.45) is 2.54. The van der Waals surface area contributed by atoms with Crippen molar-refractivity contribution < 1.29 is 19.4 Å². The number of aromatic amines is 1. The zero-order chi connectivity index (χ0) is 25.0. The fourth-order valence-corrected chi connectivity index (χ4v) is 5.11. The van der Waals surface area contributed by atoms with Gasteiger partial charge in [-0.2, -0.15) is 0 Å². The van der Waals surface area contributed by atoms with E-state index in [-0.39, 0.29) is 11.3 Å². The Bertz CT molecular complexity index is 1550. The molecule has 1 fully saturated rings. The number of amides is 1. The molecular formula is C29H25N3O4. The van der Waals surface area contributed by atoms with Gasteiger partial charge >= 0.3 is 0 Å². The van der Waals surface area contributed by atoms with Crippen LogP contribution in [0.5, 0.6) is 5.75 Å². The van der Waals surface area contributed by atoms with E-state index in [0.717, 1.165) is 39.9 Å². The Kier molecular flexibility index (Phi) is 5.07. The maximum atomic E-state index is 13.5. The lowest BCUT2D eigenvalue weighted by Crippen LogP contribution is -2.29. The predicted molar refractivity (Wildman–Crippen MR) is 139 cm³/mol. The number of aliphatic hydroxyl groups is 1. The van der Waals surface area contributed by atoms with Crippen molar-refractivity contribution in [3.05, 3.63) is 95.2 Å². The van der Waals surface area contributed by atoms with Gasteiger partial charge in [0.05, 0.1) is 18.2 Å². The standard InChI is InChI=1S/C29H25N3O4/c1-31(2)19-8-10-20(11-9-19)32-26(22-16-30-23-6-4-3-5-21(22)23)25(28(34)29(32)35)27(33)18-7-12-24-17(15-18)13-14-36-24/h3-12,15-16,26,30,33H,13-14H2,1-2H3/b27-25+. The van der Waals surface area contributed by atoms with Crippen LogP contribution in [0.4, 0.5) is 11.4 Å². The third kappa shape index (κ3) is 3.35. The minimum atomic E-state index is -0.795. The molecule has 1 atom stereocenters. The number of nitrogens with zero attached hydrogens (tertiary/aromatic N) is 2. The number of nitrogens with one attached hydrogen (secondary N) is 1. The molecule has 3 heterocycles. The average Bonchev–Trinajstić information content (AvgIpc) is 3.60. The summed E-state index contributed by atoms with van der Waals surface area (Å²) < 4.78 is 5.59. The van der Waals surface area contributed by atoms with Gasteiger partial charge < -0.3 is 19.7 Å². The van der Waals surface area contributed by atoms with Gasteiger partial charge in [-0.25, -0.2) is 0 Å². The van der Waals surface area contributed by atoms with E-state index in [1.54, 1.807) is 12.1 Å². The summed E-state index contributed by atoms with van der Waals surface area (Å²) in [6.45, 7) is 0.586. The summed E-state index contributed by atoms with van der Waals surface area (Å²) in [6, 6.07) is 19.8. The lowest BCUT2D eigenvalue weighted by Gasteiger charge is -2.25. The number of aliphatic hydroxyl groups excluding tert-OH is 1. The van der Waals surface area contributed by atoms with Gasteiger partial charge in [-0.05, 0) is 54.1 Å². The zero-order valence-electron chi connectivity index (χ0n) is 20.0. The predicted octanol–water partition coefficient (Wildman–Crippen LogP) is 4.80. The summed E-state index contributed by atoms with van der Waals surface area (Å²) >= 11 is 0. The van der Waals surface area contributed by atoms with Crippen molar-refractivity contribution in [3.63, 3.8) is 0 Å². The number of rotatable bonds is 4. The second-order valence-corrected chi connectivity index (χ2v) is 9.29. The molecule has 6 rings (SSSR count). The van der Waals surface area contributed by atoms with Crippen LogP contribution in [0.2, 0.25) is 0 Å². The van der Waals surface area contributed by atoms with Crippen LogP contribution in [-0.4, -0.2) is 42.5 Å². The van der Waals surface area contributed by atoms with Crippen LogP contribution in [0, 0.1) is 0 Å². The second kappa shape index (κ2) is 8.30. The van der Waals surface area contributed by atoms with Crippen molar-refractivity contribution in [2.45, 2.75) is 12.5 Å². The molecule has 0 bridgehead atoms. The topological polar surface area (TPSA) is 85.9 Å². The van der Waals surface area contributed by atoms with Crippen molar-refractivity contribution >= 4 is 39.7 Å². The highest BCUT2D eigenvalue weighted by Crippen LogP contribution is 2.44. The van der Waals surface area contributed by atoms with Gasteiger partial charge in [-0.1, -0.05) is 18.2 Å². The van der Waals surface area contributed by atoms with Crippen LogP contribution in [0.1, 0.15) is 22.7 Å². The Morgan fingerprint density at radius 1 is 1.06 bits per heavy atom. The van der Waals surface area contributed by atoms with Gasteiger partial charge in [0.1, 0.15) is 11.5 Å². The van der Waals surface area contributed by atoms with Crippen LogP contribution in [0.3, 0.4) is 0 Å². The van der Waals surface area contributed by atoms with E-state index in [2.05, 4.69) is 4.98 Å². The molecule has 7 nitrogen and oxygen atoms in total. The molecule has 36 heavy (non-hydrogen) atoms. The van der Waals surface area contributed by atoms with Gasteiger partial charge in [0, 0.05) is 60.1 Å². The molecule has 4 aromatic rings. The maximum Gasteiger partial charge on any atom is 0.300 e. The van der Waals surface area contributed by atoms with Crippen LogP contribution in [0.25, 0.3) is 16.7 Å². The fraction of sp³-hybridized carbons (Fsp3) is 0.172. The van der Waals surface area contributed by atoms with E-state index in [4.69, 9.17) is 4.74 Å². The molecule has 1 saturated heterocycles. The first-order chi connectivity index (χ1) is 17.4. The minimum Gasteiger partial charge on any atom is -0.507 e. The number of para-hydroxylation sites is 1. The molecule has 2 aliphatic rings. The van der Waals surface area contributed by atoms with Crippen molar-refractivity contribution in [1.29, 1.82) is 0 Å². The number of ketones is 1. The molecule has 180 valence electrons. The van der Waals surface area contributed by atoms with E-state index in [9.17, 15) is 14.7 Å². The van der Waals surface area contributed by atoms with Crippen LogP contribution < -0.4 is 14.5 Å². The quantitative estimate of drug-likeness (QED) is 0.250. The van der Waals surface area contributed by atoms with Crippen molar-refractivity contribution in [2.24, 2.45) is 0 Å². The summed E-state index contributed by atoms with van der Waals surface area (Å²) in [5, 5.41) is 12.4. The average molecular weight is 480 g/mol. The Labute approximate surface area is 208 Å². The Morgan fingerprint density at radius 3 is 2.61 bits per heavy atom. The SMILES string of the molecule is CN(C)c1ccc(N2C(=O)C(=O)/C(=C(/O)c3ccc4c(c3)CCO4)C2c2c[nH]c3ccccc23)cc1. The van der Waals surface area contributed by atoms with E-state index in [0.29, 0.717) is 17.9 Å². The number of carbonyl (C=O) groups excluding carboxylic acids is 2. The highest BCUT2D eigenvalue weighted by molar-refractivity contribution is 6.51. The summed E-state index contributed by atoms with van der Waals surface area (Å²) in [7, 11) is 3.88. The minimum absolute atomic E-state index is 0.0697. The molecule has 0 aliphatic carbocycles. The highest BCUT2D eigenvalue weighted by atomic mass is 16.5. The van der Waals surface area contributed by atoms with Gasteiger partial charge in [0.25, 0.3) is 11.7 Å². The van der Waals surface area contributed by atoms with E-state index in [1.165, 1.54) is 4.90 Å². The molecule has 7 heteroatoms. The number of anilines is 2. The molecular weight excluding hydrogens is 454 g/mol. The smallest absolute Gasteiger partial charge is 0.300 e. The highest BCUT2D eigenvalue weighted by Gasteiger charge is 2.47. The molecule has 1 unspecified atom stereocenters. The molecule has 0 radical (unpaired) electrons. The van der Waals surface area contributed by atoms with Gasteiger partial charge in [-0.15, -0.1) is 0 Å². The molecule has 3 aromatic carbocycles. The Balaban J connectivity index is 1.56. The zero-order valence-corrected chi connectivity index (χ0v) is 20.0. The van der Waals surface area contributed by atoms with E-state index in [1.807, 2.05) is 79.8 Å². The summed E-state index contributed by atoms with van der Waals surface area (Å²) in [5.41, 5.74) is 4.71. The monoisotopic (exact) mass is 479 g/mol. The lowest BCUT2D eigenvalue weighted by atomic mass is 9.94. The Hall–Kier alpha value is -4.52. The van der Waals surface area contributed by atoms with Crippen LogP contribution in [-0.2, 0) is 16.0 Å². The van der Waals surface area contributed by atoms with E-state index >= 15 is 0 Å². The normalized spacial score (nSPS) is 18.5. The van der Waals surface area contributed by atoms with Crippen LogP contribution >= 0.6 is 0 Å². The second-order valence-electron chi connectivity index (χ2n) is 9.29. The first-order valence-electron chi connectivity index (χ1n) is 11.8. The molecule has 2 N–H and O–H groups in total. The lowest BCUT2D eigenvalue weighted by molar-refractivity contribution is -0.132. The summed E-state index contributed by atoms with van der Waals surface area (Å²) in [4.78, 5) is 33.7. The number of carbonyl (C=O) groups is 2. The summed E-state index contributed by atoms with van der Waals surface area (Å²) in [5.74, 6) is -0.794. The molecule has 2 aliphatic heterocycles. The number of benzene rings is 3. The van der Waals surface area contributed by atoms with Crippen molar-refractivity contribution in [3.8, 4) is 5.75 Å². The van der Waals surface area contributed by atoms with Crippen molar-refractivity contribution in [1.82, 2.24) is 4.98 Å². The van der Waals surface area contributed by atoms with Crippen molar-refractivity contribution in [2.75, 3.05) is 30.5 Å². The Morgan fingerprint density at radius 2 is 1.83 bits per heavy atom. The largest absolute Gasteiger partial charge is 0.507 e. The number of H-pyrrole nitrogens is 1. The number of hydrogen-bond donors (Lipinski definition) is 2. The molecule has 0 spiro atoms. The molecule has 0 saturated carbocycles. The fourth-order valence-electron chi connectivity index (χ4n) is 5.11. The first kappa shape index (κ1) is 22.0. The third-order valence-corrected chi connectivity index (χ3v) is 6.97. The third-order valence-electron chi connectivity index (χ3n) is 6.97. The number of Topliss-reactive ketones (excluding diaryl/α,β-unsaturated/α-hetero) is 1. The first-order valence-corrected chi connectivity index (χ1v) is 11.8. The number of hydrogen-bond acceptors (Lipinski definition) is 5. The number of aromatic nitrogens is 1.